The highest BCUT2D eigenvalue weighted by Crippen LogP contribution is 2.25. The van der Waals surface area contributed by atoms with Crippen molar-refractivity contribution >= 4 is 22.8 Å². The molecule has 0 fully saturated rings. The summed E-state index contributed by atoms with van der Waals surface area (Å²) in [6.07, 6.45) is 3.43. The smallest absolute Gasteiger partial charge is 0.127 e. The van der Waals surface area contributed by atoms with Gasteiger partial charge in [-0.15, -0.1) is 0 Å². The van der Waals surface area contributed by atoms with Crippen molar-refractivity contribution in [3.63, 3.8) is 0 Å². The van der Waals surface area contributed by atoms with Gasteiger partial charge in [-0.05, 0) is 30.7 Å². The van der Waals surface area contributed by atoms with E-state index in [4.69, 9.17) is 0 Å². The van der Waals surface area contributed by atoms with Crippen LogP contribution in [0.3, 0.4) is 0 Å². The molecular weight excluding hydrogens is 248 g/mol. The third-order valence-corrected chi connectivity index (χ3v) is 3.22. The number of aromatic hydroxyl groups is 1. The first-order valence-corrected chi connectivity index (χ1v) is 6.42. The molecule has 0 radical (unpaired) electrons. The summed E-state index contributed by atoms with van der Waals surface area (Å²) in [4.78, 5) is 8.82. The average Bonchev–Trinajstić information content (AvgIpc) is 2.49. The molecule has 0 aliphatic rings. The Balaban J connectivity index is 2.05. The Morgan fingerprint density at radius 2 is 1.85 bits per heavy atom. The van der Waals surface area contributed by atoms with Gasteiger partial charge in [0.25, 0.3) is 0 Å². The van der Waals surface area contributed by atoms with Gasteiger partial charge in [-0.2, -0.15) is 0 Å². The van der Waals surface area contributed by atoms with Crippen LogP contribution in [0.15, 0.2) is 59.7 Å². The fraction of sp³-hybridized carbons (Fsp3) is 0.0588. The van der Waals surface area contributed by atoms with Crippen LogP contribution < -0.4 is 0 Å². The third kappa shape index (κ3) is 2.26. The van der Waals surface area contributed by atoms with Crippen LogP contribution in [0.2, 0.25) is 0 Å². The summed E-state index contributed by atoms with van der Waals surface area (Å²) in [5.74, 6) is 0.268. The summed E-state index contributed by atoms with van der Waals surface area (Å²) in [6.45, 7) is 1.87. The summed E-state index contributed by atoms with van der Waals surface area (Å²) in [6, 6.07) is 15.4. The van der Waals surface area contributed by atoms with Crippen LogP contribution in [0.5, 0.6) is 5.75 Å². The number of pyridine rings is 1. The molecule has 2 aromatic carbocycles. The van der Waals surface area contributed by atoms with Crippen LogP contribution in [0.25, 0.3) is 10.9 Å². The van der Waals surface area contributed by atoms with Gasteiger partial charge in [0, 0.05) is 23.4 Å². The zero-order valence-electron chi connectivity index (χ0n) is 11.1. The fourth-order valence-electron chi connectivity index (χ4n) is 2.12. The topological polar surface area (TPSA) is 45.5 Å². The van der Waals surface area contributed by atoms with E-state index in [9.17, 15) is 5.11 Å². The first kappa shape index (κ1) is 12.4. The van der Waals surface area contributed by atoms with E-state index in [2.05, 4.69) is 9.98 Å². The number of phenolic OH excluding ortho intramolecular Hbond substituents is 1. The summed E-state index contributed by atoms with van der Waals surface area (Å²) in [5.41, 5.74) is 3.20. The molecule has 0 bridgehead atoms. The van der Waals surface area contributed by atoms with E-state index >= 15 is 0 Å². The van der Waals surface area contributed by atoms with Crippen LogP contribution >= 0.6 is 0 Å². The van der Waals surface area contributed by atoms with E-state index < -0.39 is 0 Å². The molecule has 0 saturated carbocycles. The molecule has 98 valence electrons. The molecule has 1 N–H and O–H groups in total. The van der Waals surface area contributed by atoms with Crippen molar-refractivity contribution in [1.82, 2.24) is 4.98 Å². The minimum absolute atomic E-state index is 0.268. The molecule has 3 rings (SSSR count). The number of para-hydroxylation sites is 2. The Labute approximate surface area is 117 Å². The monoisotopic (exact) mass is 262 g/mol. The standard InChI is InChI=1S/C17H14N2O/c1-12-5-2-7-14(17(12)20)11-19-15-9-3-6-13-8-4-10-18-16(13)15/h2-11,20H,1H3. The number of fused-ring (bicyclic) bond motifs is 1. The molecule has 1 aromatic heterocycles. The van der Waals surface area contributed by atoms with Crippen LogP contribution in [-0.2, 0) is 0 Å². The van der Waals surface area contributed by atoms with Gasteiger partial charge in [0.05, 0.1) is 11.2 Å². The van der Waals surface area contributed by atoms with Gasteiger partial charge >= 0.3 is 0 Å². The number of hydrogen-bond donors (Lipinski definition) is 1. The lowest BCUT2D eigenvalue weighted by molar-refractivity contribution is 0.470. The van der Waals surface area contributed by atoms with E-state index in [0.29, 0.717) is 5.56 Å². The number of hydrogen-bond acceptors (Lipinski definition) is 3. The molecule has 0 spiro atoms. The molecular formula is C17H14N2O. The van der Waals surface area contributed by atoms with E-state index in [1.54, 1.807) is 12.4 Å². The van der Waals surface area contributed by atoms with Gasteiger partial charge in [0.2, 0.25) is 0 Å². The fourth-order valence-corrected chi connectivity index (χ4v) is 2.12. The summed E-state index contributed by atoms with van der Waals surface area (Å²) in [5, 5.41) is 11.0. The highest BCUT2D eigenvalue weighted by Gasteiger charge is 2.02. The van der Waals surface area contributed by atoms with Crippen molar-refractivity contribution in [1.29, 1.82) is 0 Å². The van der Waals surface area contributed by atoms with Crippen molar-refractivity contribution in [2.45, 2.75) is 6.92 Å². The molecule has 0 aliphatic carbocycles. The van der Waals surface area contributed by atoms with Crippen molar-refractivity contribution in [3.8, 4) is 5.75 Å². The number of rotatable bonds is 2. The summed E-state index contributed by atoms with van der Waals surface area (Å²) < 4.78 is 0. The minimum Gasteiger partial charge on any atom is -0.507 e. The largest absolute Gasteiger partial charge is 0.507 e. The first-order chi connectivity index (χ1) is 9.75. The maximum absolute atomic E-state index is 9.98. The normalized spacial score (nSPS) is 11.2. The second-order valence-electron chi connectivity index (χ2n) is 4.62. The molecule has 0 atom stereocenters. The molecule has 3 heteroatoms. The Hall–Kier alpha value is -2.68. The zero-order chi connectivity index (χ0) is 13.9. The maximum atomic E-state index is 9.98. The molecule has 3 aromatic rings. The van der Waals surface area contributed by atoms with E-state index in [1.165, 1.54) is 0 Å². The quantitative estimate of drug-likeness (QED) is 0.709. The van der Waals surface area contributed by atoms with Gasteiger partial charge in [0.1, 0.15) is 5.75 Å². The predicted molar refractivity (Wildman–Crippen MR) is 81.8 cm³/mol. The highest BCUT2D eigenvalue weighted by molar-refractivity contribution is 5.93. The van der Waals surface area contributed by atoms with Gasteiger partial charge < -0.3 is 5.11 Å². The van der Waals surface area contributed by atoms with Crippen molar-refractivity contribution in [3.05, 3.63) is 65.9 Å². The number of aliphatic imine (C=N–C) groups is 1. The molecule has 0 amide bonds. The van der Waals surface area contributed by atoms with Gasteiger partial charge in [-0.25, -0.2) is 0 Å². The second-order valence-corrected chi connectivity index (χ2v) is 4.62. The number of benzene rings is 2. The van der Waals surface area contributed by atoms with Gasteiger partial charge in [-0.3, -0.25) is 9.98 Å². The Kier molecular flexibility index (Phi) is 3.17. The Morgan fingerprint density at radius 3 is 2.75 bits per heavy atom. The Bertz CT molecular complexity index is 789. The number of aromatic nitrogens is 1. The number of aryl methyl sites for hydroxylation is 1. The van der Waals surface area contributed by atoms with Crippen molar-refractivity contribution < 1.29 is 5.11 Å². The maximum Gasteiger partial charge on any atom is 0.127 e. The lowest BCUT2D eigenvalue weighted by Crippen LogP contribution is -1.85. The molecule has 0 saturated heterocycles. The predicted octanol–water partition coefficient (Wildman–Crippen LogP) is 4.00. The van der Waals surface area contributed by atoms with Crippen LogP contribution in [-0.4, -0.2) is 16.3 Å². The molecule has 3 nitrogen and oxygen atoms in total. The minimum atomic E-state index is 0.268. The Morgan fingerprint density at radius 1 is 1.05 bits per heavy atom. The third-order valence-electron chi connectivity index (χ3n) is 3.22. The van der Waals surface area contributed by atoms with Crippen LogP contribution in [0.1, 0.15) is 11.1 Å². The van der Waals surface area contributed by atoms with Crippen molar-refractivity contribution in [2.75, 3.05) is 0 Å². The zero-order valence-corrected chi connectivity index (χ0v) is 11.1. The molecule has 0 unspecified atom stereocenters. The van der Waals surface area contributed by atoms with E-state index in [-0.39, 0.29) is 5.75 Å². The summed E-state index contributed by atoms with van der Waals surface area (Å²) in [7, 11) is 0. The number of phenols is 1. The van der Waals surface area contributed by atoms with Crippen molar-refractivity contribution in [2.24, 2.45) is 4.99 Å². The SMILES string of the molecule is Cc1cccc(C=Nc2cccc3cccnc23)c1O. The van der Waals surface area contributed by atoms with E-state index in [0.717, 1.165) is 22.2 Å². The highest BCUT2D eigenvalue weighted by atomic mass is 16.3. The molecule has 20 heavy (non-hydrogen) atoms. The van der Waals surface area contributed by atoms with Crippen LogP contribution in [0, 0.1) is 6.92 Å². The van der Waals surface area contributed by atoms with Gasteiger partial charge in [-0.1, -0.05) is 30.3 Å². The van der Waals surface area contributed by atoms with Crippen LogP contribution in [0.4, 0.5) is 5.69 Å². The lowest BCUT2D eigenvalue weighted by atomic mass is 10.1. The lowest BCUT2D eigenvalue weighted by Gasteiger charge is -2.03. The first-order valence-electron chi connectivity index (χ1n) is 6.42. The van der Waals surface area contributed by atoms with E-state index in [1.807, 2.05) is 55.5 Å². The molecule has 1 heterocycles. The summed E-state index contributed by atoms with van der Waals surface area (Å²) >= 11 is 0. The second kappa shape index (κ2) is 5.13. The average molecular weight is 262 g/mol. The molecule has 0 aliphatic heterocycles. The van der Waals surface area contributed by atoms with Gasteiger partial charge in [0.15, 0.2) is 0 Å². The number of nitrogens with zero attached hydrogens (tertiary/aromatic N) is 2.